The highest BCUT2D eigenvalue weighted by Gasteiger charge is 2.57. The normalized spacial score (nSPS) is 24.2. The van der Waals surface area contributed by atoms with Gasteiger partial charge in [-0.3, -0.25) is 9.78 Å². The molecular weight excluding hydrogens is 240 g/mol. The number of pyridine rings is 1. The molecule has 2 heterocycles. The van der Waals surface area contributed by atoms with Gasteiger partial charge in [0, 0.05) is 17.7 Å². The number of nitrogens with one attached hydrogen (secondary N) is 1. The Morgan fingerprint density at radius 3 is 3.00 bits per heavy atom. The van der Waals surface area contributed by atoms with Gasteiger partial charge in [0.2, 0.25) is 0 Å². The lowest BCUT2D eigenvalue weighted by molar-refractivity contribution is 0.0940. The number of ether oxygens (including phenoxy) is 1. The highest BCUT2D eigenvalue weighted by Crippen LogP contribution is 2.59. The van der Waals surface area contributed by atoms with Crippen LogP contribution in [0.1, 0.15) is 36.5 Å². The van der Waals surface area contributed by atoms with Gasteiger partial charge in [0.1, 0.15) is 5.75 Å². The largest absolute Gasteiger partial charge is 0.492 e. The fraction of sp³-hybridized carbons (Fsp3) is 0.600. The number of aromatic nitrogens is 1. The van der Waals surface area contributed by atoms with Crippen molar-refractivity contribution in [3.05, 3.63) is 24.0 Å². The second-order valence-corrected chi connectivity index (χ2v) is 5.58. The van der Waals surface area contributed by atoms with Crippen LogP contribution in [-0.4, -0.2) is 30.5 Å². The van der Waals surface area contributed by atoms with Crippen molar-refractivity contribution in [3.8, 4) is 5.75 Å². The standard InChI is InChI=1S/C15H20N2O2/c1-2-19-12-7-11(9-17-10-12)14(18)13-8-15(13)3-5-16-6-4-15/h7,9-10,13,16H,2-6,8H2,1H3. The first-order valence-electron chi connectivity index (χ1n) is 7.08. The second kappa shape index (κ2) is 4.93. The van der Waals surface area contributed by atoms with E-state index in [2.05, 4.69) is 10.3 Å². The summed E-state index contributed by atoms with van der Waals surface area (Å²) in [6.07, 6.45) is 6.63. The second-order valence-electron chi connectivity index (χ2n) is 5.58. The van der Waals surface area contributed by atoms with Gasteiger partial charge in [0.05, 0.1) is 12.8 Å². The lowest BCUT2D eigenvalue weighted by Crippen LogP contribution is -2.30. The molecule has 1 unspecified atom stereocenters. The maximum absolute atomic E-state index is 12.5. The summed E-state index contributed by atoms with van der Waals surface area (Å²) < 4.78 is 5.41. The van der Waals surface area contributed by atoms with Gasteiger partial charge >= 0.3 is 0 Å². The van der Waals surface area contributed by atoms with Crippen molar-refractivity contribution >= 4 is 5.78 Å². The minimum Gasteiger partial charge on any atom is -0.492 e. The van der Waals surface area contributed by atoms with Crippen LogP contribution in [0.15, 0.2) is 18.5 Å². The van der Waals surface area contributed by atoms with Gasteiger partial charge in [-0.1, -0.05) is 0 Å². The van der Waals surface area contributed by atoms with Gasteiger partial charge in [0.15, 0.2) is 5.78 Å². The molecule has 19 heavy (non-hydrogen) atoms. The van der Waals surface area contributed by atoms with E-state index in [4.69, 9.17) is 4.74 Å². The van der Waals surface area contributed by atoms with Crippen LogP contribution in [0.25, 0.3) is 0 Å². The Hall–Kier alpha value is -1.42. The molecular formula is C15H20N2O2. The van der Waals surface area contributed by atoms with E-state index in [9.17, 15) is 4.79 Å². The van der Waals surface area contributed by atoms with E-state index in [1.807, 2.05) is 13.0 Å². The van der Waals surface area contributed by atoms with Crippen molar-refractivity contribution in [2.24, 2.45) is 11.3 Å². The van der Waals surface area contributed by atoms with E-state index in [1.165, 1.54) is 0 Å². The van der Waals surface area contributed by atoms with Crippen molar-refractivity contribution in [1.82, 2.24) is 10.3 Å². The summed E-state index contributed by atoms with van der Waals surface area (Å²) in [6, 6.07) is 1.83. The molecule has 102 valence electrons. The van der Waals surface area contributed by atoms with E-state index in [0.29, 0.717) is 17.9 Å². The van der Waals surface area contributed by atoms with Crippen LogP contribution in [-0.2, 0) is 0 Å². The number of hydrogen-bond acceptors (Lipinski definition) is 4. The number of carbonyl (C=O) groups excluding carboxylic acids is 1. The average Bonchev–Trinajstić information content (AvgIpc) is 3.13. The Labute approximate surface area is 113 Å². The van der Waals surface area contributed by atoms with Gasteiger partial charge in [-0.25, -0.2) is 0 Å². The molecule has 4 nitrogen and oxygen atoms in total. The predicted molar refractivity (Wildman–Crippen MR) is 72.4 cm³/mol. The summed E-state index contributed by atoms with van der Waals surface area (Å²) in [5, 5.41) is 3.36. The van der Waals surface area contributed by atoms with Crippen molar-refractivity contribution in [1.29, 1.82) is 0 Å². The smallest absolute Gasteiger partial charge is 0.168 e. The summed E-state index contributed by atoms with van der Waals surface area (Å²) in [6.45, 7) is 4.61. The van der Waals surface area contributed by atoms with E-state index >= 15 is 0 Å². The topological polar surface area (TPSA) is 51.2 Å². The molecule has 0 bridgehead atoms. The van der Waals surface area contributed by atoms with Gasteiger partial charge in [-0.05, 0) is 50.8 Å². The van der Waals surface area contributed by atoms with Crippen molar-refractivity contribution < 1.29 is 9.53 Å². The molecule has 1 aromatic rings. The van der Waals surface area contributed by atoms with Crippen LogP contribution >= 0.6 is 0 Å². The number of ketones is 1. The molecule has 1 spiro atoms. The van der Waals surface area contributed by atoms with Crippen LogP contribution in [0.4, 0.5) is 0 Å². The van der Waals surface area contributed by atoms with Crippen molar-refractivity contribution in [3.63, 3.8) is 0 Å². The minimum atomic E-state index is 0.202. The molecule has 1 aromatic heterocycles. The summed E-state index contributed by atoms with van der Waals surface area (Å²) in [5.74, 6) is 1.14. The molecule has 3 rings (SSSR count). The fourth-order valence-corrected chi connectivity index (χ4v) is 3.20. The molecule has 1 N–H and O–H groups in total. The van der Waals surface area contributed by atoms with Gasteiger partial charge in [-0.2, -0.15) is 0 Å². The number of nitrogens with zero attached hydrogens (tertiary/aromatic N) is 1. The number of rotatable bonds is 4. The highest BCUT2D eigenvalue weighted by atomic mass is 16.5. The minimum absolute atomic E-state index is 0.202. The predicted octanol–water partition coefficient (Wildman–Crippen LogP) is 2.05. The van der Waals surface area contributed by atoms with Crippen LogP contribution in [0.2, 0.25) is 0 Å². The zero-order chi connectivity index (χ0) is 13.3. The molecule has 1 aliphatic heterocycles. The average molecular weight is 260 g/mol. The zero-order valence-electron chi connectivity index (χ0n) is 11.3. The van der Waals surface area contributed by atoms with Crippen LogP contribution in [0, 0.1) is 11.3 Å². The summed E-state index contributed by atoms with van der Waals surface area (Å²) in [7, 11) is 0. The Kier molecular flexibility index (Phi) is 3.27. The fourth-order valence-electron chi connectivity index (χ4n) is 3.20. The molecule has 4 heteroatoms. The Morgan fingerprint density at radius 1 is 1.47 bits per heavy atom. The highest BCUT2D eigenvalue weighted by molar-refractivity contribution is 6.00. The lowest BCUT2D eigenvalue weighted by Gasteiger charge is -2.23. The first-order chi connectivity index (χ1) is 9.25. The Bertz CT molecular complexity index is 481. The monoisotopic (exact) mass is 260 g/mol. The molecule has 2 fully saturated rings. The van der Waals surface area contributed by atoms with Crippen LogP contribution in [0.3, 0.4) is 0 Å². The first kappa shape index (κ1) is 12.6. The molecule has 0 aromatic carbocycles. The number of hydrogen-bond donors (Lipinski definition) is 1. The SMILES string of the molecule is CCOc1cncc(C(=O)C2CC23CCNCC3)c1. The number of carbonyl (C=O) groups is 1. The first-order valence-corrected chi connectivity index (χ1v) is 7.08. The quantitative estimate of drug-likeness (QED) is 0.842. The lowest BCUT2D eigenvalue weighted by atomic mass is 9.89. The van der Waals surface area contributed by atoms with Crippen molar-refractivity contribution in [2.45, 2.75) is 26.2 Å². The third-order valence-electron chi connectivity index (χ3n) is 4.41. The van der Waals surface area contributed by atoms with E-state index in [-0.39, 0.29) is 17.1 Å². The third kappa shape index (κ3) is 2.37. The van der Waals surface area contributed by atoms with E-state index < -0.39 is 0 Å². The van der Waals surface area contributed by atoms with Gasteiger partial charge in [0.25, 0.3) is 0 Å². The number of Topliss-reactive ketones (excluding diaryl/α,β-unsaturated/α-hetero) is 1. The molecule has 0 radical (unpaired) electrons. The van der Waals surface area contributed by atoms with Gasteiger partial charge in [-0.15, -0.1) is 0 Å². The molecule has 1 saturated heterocycles. The van der Waals surface area contributed by atoms with E-state index in [0.717, 1.165) is 32.4 Å². The Morgan fingerprint density at radius 2 is 2.26 bits per heavy atom. The third-order valence-corrected chi connectivity index (χ3v) is 4.41. The zero-order valence-corrected chi connectivity index (χ0v) is 11.3. The maximum atomic E-state index is 12.5. The summed E-state index contributed by atoms with van der Waals surface area (Å²) >= 11 is 0. The van der Waals surface area contributed by atoms with Crippen LogP contribution in [0.5, 0.6) is 5.75 Å². The van der Waals surface area contributed by atoms with Gasteiger partial charge < -0.3 is 10.1 Å². The molecule has 1 saturated carbocycles. The van der Waals surface area contributed by atoms with E-state index in [1.54, 1.807) is 12.4 Å². The molecule has 2 aliphatic rings. The summed E-state index contributed by atoms with van der Waals surface area (Å²) in [4.78, 5) is 16.6. The number of piperidine rings is 1. The van der Waals surface area contributed by atoms with Crippen molar-refractivity contribution in [2.75, 3.05) is 19.7 Å². The summed E-state index contributed by atoms with van der Waals surface area (Å²) in [5.41, 5.74) is 0.982. The Balaban J connectivity index is 1.72. The molecule has 1 atom stereocenters. The maximum Gasteiger partial charge on any atom is 0.168 e. The molecule has 1 aliphatic carbocycles. The molecule has 0 amide bonds. The van der Waals surface area contributed by atoms with Crippen LogP contribution < -0.4 is 10.1 Å².